The molecule has 0 saturated heterocycles. The van der Waals surface area contributed by atoms with E-state index in [1.807, 2.05) is 0 Å². The molecule has 0 bridgehead atoms. The van der Waals surface area contributed by atoms with Crippen molar-refractivity contribution in [2.24, 2.45) is 5.73 Å². The Bertz CT molecular complexity index is 695. The predicted octanol–water partition coefficient (Wildman–Crippen LogP) is 1.72. The molecule has 0 unspecified atom stereocenters. The van der Waals surface area contributed by atoms with Crippen molar-refractivity contribution in [1.29, 1.82) is 0 Å². The first-order valence-electron chi connectivity index (χ1n) is 5.59. The maximum Gasteiger partial charge on any atom is 0.263 e. The molecule has 4 N–H and O–H groups in total. The highest BCUT2D eigenvalue weighted by molar-refractivity contribution is 7.92. The molecule has 5 nitrogen and oxygen atoms in total. The highest BCUT2D eigenvalue weighted by Crippen LogP contribution is 2.21. The van der Waals surface area contributed by atoms with Crippen LogP contribution in [0.3, 0.4) is 0 Å². The normalized spacial score (nSPS) is 11.5. The zero-order chi connectivity index (χ0) is 14.0. The Balaban J connectivity index is 2.33. The third kappa shape index (κ3) is 2.77. The summed E-state index contributed by atoms with van der Waals surface area (Å²) in [7, 11) is -3.75. The minimum absolute atomic E-state index is 0.0663. The summed E-state index contributed by atoms with van der Waals surface area (Å²) in [6, 6.07) is 5.67. The van der Waals surface area contributed by atoms with Gasteiger partial charge in [-0.05, 0) is 25.1 Å². The number of hydrogen-bond acceptors (Lipinski definition) is 3. The summed E-state index contributed by atoms with van der Waals surface area (Å²) in [4.78, 5) is 2.82. The van der Waals surface area contributed by atoms with Crippen LogP contribution in [0.2, 0.25) is 0 Å². The zero-order valence-corrected chi connectivity index (χ0v) is 11.1. The SMILES string of the molecule is Cc1c(F)cccc1NS(=O)(=O)c1c[nH]c(CN)c1. The van der Waals surface area contributed by atoms with E-state index in [1.165, 1.54) is 37.4 Å². The minimum atomic E-state index is -3.75. The van der Waals surface area contributed by atoms with Crippen molar-refractivity contribution in [2.75, 3.05) is 4.72 Å². The molecule has 1 aromatic heterocycles. The number of hydrogen-bond donors (Lipinski definition) is 3. The van der Waals surface area contributed by atoms with E-state index in [9.17, 15) is 12.8 Å². The Morgan fingerprint density at radius 3 is 2.79 bits per heavy atom. The van der Waals surface area contributed by atoms with Gasteiger partial charge in [-0.2, -0.15) is 0 Å². The van der Waals surface area contributed by atoms with E-state index in [0.717, 1.165) is 0 Å². The molecule has 0 saturated carbocycles. The standard InChI is InChI=1S/C12H14FN3O2S/c1-8-11(13)3-2-4-12(8)16-19(17,18)10-5-9(6-14)15-7-10/h2-5,7,15-16H,6,14H2,1H3. The molecule has 2 rings (SSSR count). The second-order valence-electron chi connectivity index (χ2n) is 4.08. The van der Waals surface area contributed by atoms with Crippen molar-refractivity contribution >= 4 is 15.7 Å². The summed E-state index contributed by atoms with van der Waals surface area (Å²) in [5.74, 6) is -0.461. The second kappa shape index (κ2) is 5.02. The number of anilines is 1. The van der Waals surface area contributed by atoms with Crippen LogP contribution in [-0.4, -0.2) is 13.4 Å². The fraction of sp³-hybridized carbons (Fsp3) is 0.167. The van der Waals surface area contributed by atoms with Crippen LogP contribution in [0.4, 0.5) is 10.1 Å². The number of H-pyrrole nitrogens is 1. The van der Waals surface area contributed by atoms with Crippen LogP contribution in [0.5, 0.6) is 0 Å². The Kier molecular flexibility index (Phi) is 3.59. The van der Waals surface area contributed by atoms with Gasteiger partial charge in [-0.15, -0.1) is 0 Å². The van der Waals surface area contributed by atoms with Crippen molar-refractivity contribution in [3.8, 4) is 0 Å². The predicted molar refractivity (Wildman–Crippen MR) is 70.6 cm³/mol. The highest BCUT2D eigenvalue weighted by atomic mass is 32.2. The Hall–Kier alpha value is -1.86. The number of sulfonamides is 1. The molecule has 0 radical (unpaired) electrons. The number of nitrogens with one attached hydrogen (secondary N) is 2. The van der Waals surface area contributed by atoms with Gasteiger partial charge in [0.2, 0.25) is 0 Å². The molecular formula is C12H14FN3O2S. The maximum atomic E-state index is 13.4. The molecule has 0 amide bonds. The van der Waals surface area contributed by atoms with Gasteiger partial charge < -0.3 is 10.7 Å². The third-order valence-corrected chi connectivity index (χ3v) is 4.10. The molecule has 0 aliphatic heterocycles. The van der Waals surface area contributed by atoms with E-state index in [4.69, 9.17) is 5.73 Å². The first-order valence-corrected chi connectivity index (χ1v) is 7.07. The lowest BCUT2D eigenvalue weighted by Crippen LogP contribution is -2.13. The van der Waals surface area contributed by atoms with E-state index in [0.29, 0.717) is 5.69 Å². The zero-order valence-electron chi connectivity index (χ0n) is 10.3. The summed E-state index contributed by atoms with van der Waals surface area (Å²) in [5.41, 5.74) is 6.48. The van der Waals surface area contributed by atoms with Crippen LogP contribution in [0.25, 0.3) is 0 Å². The summed E-state index contributed by atoms with van der Waals surface area (Å²) >= 11 is 0. The average Bonchev–Trinajstić information content (AvgIpc) is 2.84. The van der Waals surface area contributed by atoms with Crippen LogP contribution in [0.1, 0.15) is 11.3 Å². The molecule has 0 aliphatic carbocycles. The van der Waals surface area contributed by atoms with Crippen LogP contribution in [-0.2, 0) is 16.6 Å². The maximum absolute atomic E-state index is 13.4. The first kappa shape index (κ1) is 13.6. The van der Waals surface area contributed by atoms with Gasteiger partial charge in [-0.3, -0.25) is 4.72 Å². The van der Waals surface area contributed by atoms with Gasteiger partial charge >= 0.3 is 0 Å². The Labute approximate surface area is 110 Å². The molecule has 2 aromatic rings. The summed E-state index contributed by atoms with van der Waals surface area (Å²) in [6.45, 7) is 1.73. The quantitative estimate of drug-likeness (QED) is 0.798. The van der Waals surface area contributed by atoms with Crippen molar-refractivity contribution in [3.05, 3.63) is 47.5 Å². The number of rotatable bonds is 4. The van der Waals surface area contributed by atoms with Gasteiger partial charge in [-0.1, -0.05) is 6.07 Å². The molecule has 1 heterocycles. The minimum Gasteiger partial charge on any atom is -0.363 e. The average molecular weight is 283 g/mol. The summed E-state index contributed by atoms with van der Waals surface area (Å²) in [5, 5.41) is 0. The van der Waals surface area contributed by atoms with Gasteiger partial charge in [0.15, 0.2) is 0 Å². The van der Waals surface area contributed by atoms with Gasteiger partial charge in [0.1, 0.15) is 10.7 Å². The number of benzene rings is 1. The topological polar surface area (TPSA) is 88.0 Å². The largest absolute Gasteiger partial charge is 0.363 e. The highest BCUT2D eigenvalue weighted by Gasteiger charge is 2.17. The van der Waals surface area contributed by atoms with E-state index < -0.39 is 15.8 Å². The van der Waals surface area contributed by atoms with E-state index >= 15 is 0 Å². The Morgan fingerprint density at radius 1 is 1.42 bits per heavy atom. The molecule has 7 heteroatoms. The molecule has 0 aliphatic rings. The molecular weight excluding hydrogens is 269 g/mol. The smallest absolute Gasteiger partial charge is 0.263 e. The van der Waals surface area contributed by atoms with Crippen LogP contribution in [0, 0.1) is 12.7 Å². The van der Waals surface area contributed by atoms with Crippen molar-refractivity contribution in [3.63, 3.8) is 0 Å². The third-order valence-electron chi connectivity index (χ3n) is 2.76. The molecule has 1 aromatic carbocycles. The number of aromatic amines is 1. The van der Waals surface area contributed by atoms with Crippen molar-refractivity contribution in [1.82, 2.24) is 4.98 Å². The van der Waals surface area contributed by atoms with Crippen LogP contribution < -0.4 is 10.5 Å². The van der Waals surface area contributed by atoms with E-state index in [2.05, 4.69) is 9.71 Å². The molecule has 0 atom stereocenters. The van der Waals surface area contributed by atoms with Crippen LogP contribution >= 0.6 is 0 Å². The van der Waals surface area contributed by atoms with Gasteiger partial charge in [0.25, 0.3) is 10.0 Å². The summed E-state index contributed by atoms with van der Waals surface area (Å²) < 4.78 is 39.9. The molecule has 0 fully saturated rings. The fourth-order valence-corrected chi connectivity index (χ4v) is 2.75. The Morgan fingerprint density at radius 2 is 2.16 bits per heavy atom. The van der Waals surface area contributed by atoms with Gasteiger partial charge in [0.05, 0.1) is 5.69 Å². The number of aromatic nitrogens is 1. The lowest BCUT2D eigenvalue weighted by atomic mass is 10.2. The fourth-order valence-electron chi connectivity index (χ4n) is 1.61. The monoisotopic (exact) mass is 283 g/mol. The van der Waals surface area contributed by atoms with E-state index in [1.54, 1.807) is 0 Å². The summed E-state index contributed by atoms with van der Waals surface area (Å²) in [6.07, 6.45) is 1.35. The molecule has 0 spiro atoms. The lowest BCUT2D eigenvalue weighted by molar-refractivity contribution is 0.601. The lowest BCUT2D eigenvalue weighted by Gasteiger charge is -2.09. The molecule has 19 heavy (non-hydrogen) atoms. The number of nitrogens with two attached hydrogens (primary N) is 1. The number of halogens is 1. The van der Waals surface area contributed by atoms with E-state index in [-0.39, 0.29) is 22.7 Å². The van der Waals surface area contributed by atoms with Gasteiger partial charge in [-0.25, -0.2) is 12.8 Å². The van der Waals surface area contributed by atoms with Crippen LogP contribution in [0.15, 0.2) is 35.4 Å². The second-order valence-corrected chi connectivity index (χ2v) is 5.77. The van der Waals surface area contributed by atoms with Gasteiger partial charge in [0, 0.05) is 24.0 Å². The molecule has 102 valence electrons. The van der Waals surface area contributed by atoms with Crippen molar-refractivity contribution in [2.45, 2.75) is 18.4 Å². The van der Waals surface area contributed by atoms with Crippen molar-refractivity contribution < 1.29 is 12.8 Å². The first-order chi connectivity index (χ1) is 8.94.